The molecule has 2 aliphatic rings. The van der Waals surface area contributed by atoms with Crippen molar-refractivity contribution in [3.05, 3.63) is 29.3 Å². The maximum Gasteiger partial charge on any atom is 0.313 e. The Kier molecular flexibility index (Phi) is 4.39. The minimum Gasteiger partial charge on any atom is -0.345 e. The van der Waals surface area contributed by atoms with Crippen molar-refractivity contribution in [2.45, 2.75) is 38.6 Å². The fourth-order valence-electron chi connectivity index (χ4n) is 4.04. The summed E-state index contributed by atoms with van der Waals surface area (Å²) in [7, 11) is 0. The Balaban J connectivity index is 1.54. The van der Waals surface area contributed by atoms with Gasteiger partial charge in [-0.1, -0.05) is 24.1 Å². The number of hydrogen-bond acceptors (Lipinski definition) is 2. The van der Waals surface area contributed by atoms with Crippen molar-refractivity contribution in [3.63, 3.8) is 0 Å². The molecule has 4 atom stereocenters. The molecule has 2 fully saturated rings. The minimum atomic E-state index is -0.641. The zero-order valence-electron chi connectivity index (χ0n) is 12.6. The van der Waals surface area contributed by atoms with E-state index in [-0.39, 0.29) is 6.04 Å². The molecule has 2 aliphatic carbocycles. The molecular formula is C17H21ClN2O2. The Morgan fingerprint density at radius 1 is 1.23 bits per heavy atom. The van der Waals surface area contributed by atoms with E-state index in [1.807, 2.05) is 6.92 Å². The van der Waals surface area contributed by atoms with Crippen molar-refractivity contribution >= 4 is 29.1 Å². The van der Waals surface area contributed by atoms with Gasteiger partial charge in [0.15, 0.2) is 0 Å². The van der Waals surface area contributed by atoms with Gasteiger partial charge in [0.05, 0.1) is 0 Å². The third kappa shape index (κ3) is 3.27. The lowest BCUT2D eigenvalue weighted by atomic mass is 9.84. The highest BCUT2D eigenvalue weighted by Crippen LogP contribution is 2.49. The van der Waals surface area contributed by atoms with E-state index < -0.39 is 11.8 Å². The summed E-state index contributed by atoms with van der Waals surface area (Å²) in [5.74, 6) is 0.847. The monoisotopic (exact) mass is 320 g/mol. The minimum absolute atomic E-state index is 0.0490. The van der Waals surface area contributed by atoms with Gasteiger partial charge in [0.25, 0.3) is 0 Å². The van der Waals surface area contributed by atoms with Crippen LogP contribution in [0.15, 0.2) is 24.3 Å². The molecule has 0 saturated heterocycles. The van der Waals surface area contributed by atoms with E-state index in [2.05, 4.69) is 10.6 Å². The van der Waals surface area contributed by atoms with Gasteiger partial charge in [-0.05, 0) is 62.1 Å². The molecule has 0 aromatic heterocycles. The first-order valence-corrected chi connectivity index (χ1v) is 8.28. The zero-order chi connectivity index (χ0) is 15.7. The Morgan fingerprint density at radius 3 is 2.68 bits per heavy atom. The van der Waals surface area contributed by atoms with Gasteiger partial charge in [-0.25, -0.2) is 0 Å². The van der Waals surface area contributed by atoms with Crippen LogP contribution in [-0.4, -0.2) is 17.9 Å². The van der Waals surface area contributed by atoms with Crippen molar-refractivity contribution in [3.8, 4) is 0 Å². The maximum atomic E-state index is 12.0. The third-order valence-corrected chi connectivity index (χ3v) is 5.32. The average Bonchev–Trinajstić information content (AvgIpc) is 3.09. The lowest BCUT2D eigenvalue weighted by Crippen LogP contribution is -2.45. The first kappa shape index (κ1) is 15.3. The molecular weight excluding hydrogens is 300 g/mol. The van der Waals surface area contributed by atoms with E-state index in [1.54, 1.807) is 24.3 Å². The number of halogens is 1. The Bertz CT molecular complexity index is 590. The first-order valence-electron chi connectivity index (χ1n) is 7.90. The van der Waals surface area contributed by atoms with Gasteiger partial charge in [0.2, 0.25) is 0 Å². The number of benzene rings is 1. The van der Waals surface area contributed by atoms with Crippen molar-refractivity contribution < 1.29 is 9.59 Å². The van der Waals surface area contributed by atoms with Crippen LogP contribution in [0.1, 0.15) is 32.6 Å². The van der Waals surface area contributed by atoms with Crippen LogP contribution in [0.3, 0.4) is 0 Å². The van der Waals surface area contributed by atoms with Crippen molar-refractivity contribution in [2.75, 3.05) is 5.32 Å². The van der Waals surface area contributed by atoms with Gasteiger partial charge >= 0.3 is 11.8 Å². The number of fused-ring (bicyclic) bond motifs is 2. The summed E-state index contributed by atoms with van der Waals surface area (Å²) in [6.45, 7) is 2.01. The highest BCUT2D eigenvalue weighted by atomic mass is 35.5. The van der Waals surface area contributed by atoms with Crippen LogP contribution in [0.2, 0.25) is 5.02 Å². The van der Waals surface area contributed by atoms with Crippen molar-refractivity contribution in [1.82, 2.24) is 5.32 Å². The van der Waals surface area contributed by atoms with E-state index >= 15 is 0 Å². The van der Waals surface area contributed by atoms with E-state index in [1.165, 1.54) is 25.7 Å². The van der Waals surface area contributed by atoms with E-state index in [0.717, 1.165) is 11.8 Å². The Hall–Kier alpha value is -1.55. The van der Waals surface area contributed by atoms with Crippen LogP contribution < -0.4 is 10.6 Å². The summed E-state index contributed by atoms with van der Waals surface area (Å²) in [5.41, 5.74) is 0.528. The second-order valence-electron chi connectivity index (χ2n) is 6.57. The zero-order valence-corrected chi connectivity index (χ0v) is 13.4. The van der Waals surface area contributed by atoms with Crippen LogP contribution in [0, 0.1) is 17.8 Å². The molecule has 0 spiro atoms. The number of rotatable bonds is 3. The molecule has 2 saturated carbocycles. The second-order valence-corrected chi connectivity index (χ2v) is 7.00. The maximum absolute atomic E-state index is 12.0. The van der Waals surface area contributed by atoms with Crippen LogP contribution in [0.5, 0.6) is 0 Å². The Morgan fingerprint density at radius 2 is 2.05 bits per heavy atom. The average molecular weight is 321 g/mol. The largest absolute Gasteiger partial charge is 0.345 e. The molecule has 2 amide bonds. The molecule has 5 heteroatoms. The number of carbonyl (C=O) groups excluding carboxylic acids is 2. The topological polar surface area (TPSA) is 58.2 Å². The lowest BCUT2D eigenvalue weighted by molar-refractivity contribution is -0.136. The van der Waals surface area contributed by atoms with Gasteiger partial charge in [0.1, 0.15) is 0 Å². The third-order valence-electron chi connectivity index (χ3n) is 5.08. The molecule has 3 rings (SSSR count). The van der Waals surface area contributed by atoms with Crippen LogP contribution in [-0.2, 0) is 9.59 Å². The lowest BCUT2D eigenvalue weighted by Gasteiger charge is -2.28. The number of hydrogen-bond donors (Lipinski definition) is 2. The molecule has 118 valence electrons. The summed E-state index contributed by atoms with van der Waals surface area (Å²) < 4.78 is 0. The summed E-state index contributed by atoms with van der Waals surface area (Å²) in [4.78, 5) is 24.0. The van der Waals surface area contributed by atoms with Crippen LogP contribution in [0.25, 0.3) is 0 Å². The van der Waals surface area contributed by atoms with E-state index in [9.17, 15) is 9.59 Å². The molecule has 4 nitrogen and oxygen atoms in total. The van der Waals surface area contributed by atoms with Crippen LogP contribution >= 0.6 is 11.6 Å². The molecule has 2 N–H and O–H groups in total. The van der Waals surface area contributed by atoms with E-state index in [4.69, 9.17) is 11.6 Å². The van der Waals surface area contributed by atoms with Gasteiger partial charge in [0, 0.05) is 16.8 Å². The summed E-state index contributed by atoms with van der Waals surface area (Å²) in [6, 6.07) is 6.82. The smallest absolute Gasteiger partial charge is 0.313 e. The summed E-state index contributed by atoms with van der Waals surface area (Å²) in [5, 5.41) is 5.96. The normalized spacial score (nSPS) is 27.5. The number of amides is 2. The van der Waals surface area contributed by atoms with Gasteiger partial charge in [-0.15, -0.1) is 0 Å². The predicted octanol–water partition coefficient (Wildman–Crippen LogP) is 3.22. The number of nitrogens with one attached hydrogen (secondary N) is 2. The standard InChI is InChI=1S/C17H21ClN2O2/c1-10(15-8-11-5-6-12(15)7-11)19-16(21)17(22)20-14-4-2-3-13(18)9-14/h2-4,9-12,15H,5-8H2,1H3,(H,19,21)(H,20,22). The highest BCUT2D eigenvalue weighted by molar-refractivity contribution is 6.40. The molecule has 1 aromatic rings. The van der Waals surface area contributed by atoms with Gasteiger partial charge < -0.3 is 10.6 Å². The summed E-state index contributed by atoms with van der Waals surface area (Å²) >= 11 is 5.86. The molecule has 1 aromatic carbocycles. The first-order chi connectivity index (χ1) is 10.5. The van der Waals surface area contributed by atoms with Gasteiger partial charge in [-0.3, -0.25) is 9.59 Å². The molecule has 22 heavy (non-hydrogen) atoms. The quantitative estimate of drug-likeness (QED) is 0.840. The second kappa shape index (κ2) is 6.29. The summed E-state index contributed by atoms with van der Waals surface area (Å²) in [6.07, 6.45) is 5.07. The molecule has 2 bridgehead atoms. The predicted molar refractivity (Wildman–Crippen MR) is 86.6 cm³/mol. The highest BCUT2D eigenvalue weighted by Gasteiger charge is 2.42. The van der Waals surface area contributed by atoms with Crippen LogP contribution in [0.4, 0.5) is 5.69 Å². The number of anilines is 1. The molecule has 0 aliphatic heterocycles. The van der Waals surface area contributed by atoms with Gasteiger partial charge in [-0.2, -0.15) is 0 Å². The molecule has 4 unspecified atom stereocenters. The SMILES string of the molecule is CC(NC(=O)C(=O)Nc1cccc(Cl)c1)C1CC2CCC1C2. The van der Waals surface area contributed by atoms with Crippen molar-refractivity contribution in [2.24, 2.45) is 17.8 Å². The molecule has 0 heterocycles. The Labute approximate surface area is 135 Å². The molecule has 0 radical (unpaired) electrons. The number of carbonyl (C=O) groups is 2. The van der Waals surface area contributed by atoms with Crippen molar-refractivity contribution in [1.29, 1.82) is 0 Å². The fourth-order valence-corrected chi connectivity index (χ4v) is 4.23. The van der Waals surface area contributed by atoms with E-state index in [0.29, 0.717) is 16.6 Å². The fraction of sp³-hybridized carbons (Fsp3) is 0.529.